The maximum atomic E-state index is 14.1. The Bertz CT molecular complexity index is 1430. The van der Waals surface area contributed by atoms with E-state index < -0.39 is 11.6 Å². The Hall–Kier alpha value is -3.49. The van der Waals surface area contributed by atoms with E-state index in [9.17, 15) is 13.6 Å². The Labute approximate surface area is 211 Å². The zero-order valence-corrected chi connectivity index (χ0v) is 20.2. The first-order valence-electron chi connectivity index (χ1n) is 12.0. The molecule has 1 saturated heterocycles. The number of para-hydroxylation sites is 1. The van der Waals surface area contributed by atoms with E-state index in [4.69, 9.17) is 9.47 Å². The molecule has 0 saturated carbocycles. The average Bonchev–Trinajstić information content (AvgIpc) is 3.29. The molecule has 1 N–H and O–H groups in total. The number of nitrogens with one attached hydrogen (secondary N) is 1. The number of fused-ring (bicyclic) bond motifs is 2. The van der Waals surface area contributed by atoms with Gasteiger partial charge >= 0.3 is 0 Å². The lowest BCUT2D eigenvalue weighted by Crippen LogP contribution is -2.38. The van der Waals surface area contributed by atoms with E-state index in [1.165, 1.54) is 23.5 Å². The topological polar surface area (TPSA) is 50.8 Å². The first kappa shape index (κ1) is 22.9. The molecule has 5 nitrogen and oxygen atoms in total. The predicted octanol–water partition coefficient (Wildman–Crippen LogP) is 5.94. The summed E-state index contributed by atoms with van der Waals surface area (Å²) in [4.78, 5) is 16.5. The highest BCUT2D eigenvalue weighted by Crippen LogP contribution is 2.44. The molecule has 8 heteroatoms. The second-order valence-electron chi connectivity index (χ2n) is 8.92. The molecule has 0 unspecified atom stereocenters. The lowest BCUT2D eigenvalue weighted by atomic mass is 10.0. The van der Waals surface area contributed by atoms with Crippen LogP contribution in [0.4, 0.5) is 14.5 Å². The molecule has 0 aliphatic carbocycles. The number of anilines is 1. The van der Waals surface area contributed by atoms with Crippen molar-refractivity contribution in [2.75, 3.05) is 37.8 Å². The third-order valence-corrected chi connectivity index (χ3v) is 7.89. The fraction of sp³-hybridized carbons (Fsp3) is 0.250. The molecule has 6 rings (SSSR count). The van der Waals surface area contributed by atoms with Gasteiger partial charge in [-0.2, -0.15) is 0 Å². The maximum Gasteiger partial charge on any atom is 0.264 e. The van der Waals surface area contributed by atoms with Gasteiger partial charge in [-0.3, -0.25) is 4.79 Å². The molecule has 2 aliphatic heterocycles. The van der Waals surface area contributed by atoms with E-state index >= 15 is 0 Å². The van der Waals surface area contributed by atoms with Crippen LogP contribution in [0.3, 0.4) is 0 Å². The summed E-state index contributed by atoms with van der Waals surface area (Å²) >= 11 is 1.36. The lowest BCUT2D eigenvalue weighted by Gasteiger charge is -2.30. The maximum absolute atomic E-state index is 14.1. The van der Waals surface area contributed by atoms with Crippen LogP contribution < -0.4 is 15.0 Å². The number of ether oxygens (including phenoxy) is 2. The van der Waals surface area contributed by atoms with Crippen LogP contribution in [0, 0.1) is 11.6 Å². The van der Waals surface area contributed by atoms with Gasteiger partial charge in [0.05, 0.1) is 31.5 Å². The Balaban J connectivity index is 1.45. The molecule has 0 spiro atoms. The van der Waals surface area contributed by atoms with Crippen LogP contribution in [0.1, 0.15) is 27.7 Å². The van der Waals surface area contributed by atoms with Crippen molar-refractivity contribution in [3.63, 3.8) is 0 Å². The Morgan fingerprint density at radius 2 is 1.75 bits per heavy atom. The summed E-state index contributed by atoms with van der Waals surface area (Å²) < 4.78 is 40.3. The van der Waals surface area contributed by atoms with E-state index in [-0.39, 0.29) is 11.9 Å². The number of halogens is 2. The van der Waals surface area contributed by atoms with Crippen LogP contribution in [0.15, 0.2) is 60.7 Å². The Morgan fingerprint density at radius 1 is 0.972 bits per heavy atom. The van der Waals surface area contributed by atoms with Gasteiger partial charge < -0.3 is 19.7 Å². The number of morpholine rings is 1. The summed E-state index contributed by atoms with van der Waals surface area (Å²) in [6, 6.07) is 16.8. The van der Waals surface area contributed by atoms with Crippen molar-refractivity contribution < 1.29 is 23.0 Å². The zero-order valence-electron chi connectivity index (χ0n) is 19.4. The number of benzene rings is 3. The SMILES string of the molecule is O=C(N[C@H]1CCOc2ccccc21)c1sc2c(-c3cc(F)cc(F)c3)cccc2c1N1CCOCC1. The molecule has 1 atom stereocenters. The van der Waals surface area contributed by atoms with E-state index in [0.717, 1.165) is 33.2 Å². The van der Waals surface area contributed by atoms with Gasteiger partial charge in [0.25, 0.3) is 5.91 Å². The largest absolute Gasteiger partial charge is 0.493 e. The van der Waals surface area contributed by atoms with Crippen molar-refractivity contribution in [1.29, 1.82) is 0 Å². The van der Waals surface area contributed by atoms with Gasteiger partial charge in [0.1, 0.15) is 22.3 Å². The molecule has 1 fully saturated rings. The second kappa shape index (κ2) is 9.52. The Morgan fingerprint density at radius 3 is 2.56 bits per heavy atom. The monoisotopic (exact) mass is 506 g/mol. The molecule has 184 valence electrons. The number of hydrogen-bond acceptors (Lipinski definition) is 5. The minimum absolute atomic E-state index is 0.165. The number of carbonyl (C=O) groups excluding carboxylic acids is 1. The zero-order chi connectivity index (χ0) is 24.6. The van der Waals surface area contributed by atoms with E-state index in [1.54, 1.807) is 0 Å². The van der Waals surface area contributed by atoms with Crippen molar-refractivity contribution in [2.24, 2.45) is 0 Å². The number of amides is 1. The molecule has 1 amide bonds. The van der Waals surface area contributed by atoms with Crippen molar-refractivity contribution in [3.8, 4) is 16.9 Å². The summed E-state index contributed by atoms with van der Waals surface area (Å²) in [5, 5.41) is 4.11. The van der Waals surface area contributed by atoms with Crippen LogP contribution in [0.5, 0.6) is 5.75 Å². The van der Waals surface area contributed by atoms with Gasteiger partial charge in [-0.25, -0.2) is 8.78 Å². The second-order valence-corrected chi connectivity index (χ2v) is 9.94. The molecular weight excluding hydrogens is 482 g/mol. The van der Waals surface area contributed by atoms with Crippen LogP contribution >= 0.6 is 11.3 Å². The van der Waals surface area contributed by atoms with Gasteiger partial charge in [-0.05, 0) is 29.3 Å². The van der Waals surface area contributed by atoms with Crippen molar-refractivity contribution in [3.05, 3.63) is 82.7 Å². The normalized spacial score (nSPS) is 17.5. The van der Waals surface area contributed by atoms with Gasteiger partial charge in [-0.1, -0.05) is 36.4 Å². The highest BCUT2D eigenvalue weighted by Gasteiger charge is 2.29. The first-order chi connectivity index (χ1) is 17.6. The summed E-state index contributed by atoms with van der Waals surface area (Å²) in [7, 11) is 0. The molecule has 3 heterocycles. The highest BCUT2D eigenvalue weighted by molar-refractivity contribution is 7.22. The highest BCUT2D eigenvalue weighted by atomic mass is 32.1. The van der Waals surface area contributed by atoms with Gasteiger partial charge in [0.2, 0.25) is 0 Å². The van der Waals surface area contributed by atoms with E-state index in [0.29, 0.717) is 55.3 Å². The average molecular weight is 507 g/mol. The molecular formula is C28H24F2N2O3S. The summed E-state index contributed by atoms with van der Waals surface area (Å²) in [6.45, 7) is 2.98. The number of hydrogen-bond donors (Lipinski definition) is 1. The minimum atomic E-state index is -0.636. The van der Waals surface area contributed by atoms with E-state index in [1.807, 2.05) is 42.5 Å². The third kappa shape index (κ3) is 4.20. The Kier molecular flexibility index (Phi) is 6.07. The fourth-order valence-electron chi connectivity index (χ4n) is 5.01. The number of carbonyl (C=O) groups is 1. The molecule has 0 radical (unpaired) electrons. The van der Waals surface area contributed by atoms with Gasteiger partial charge in [0, 0.05) is 41.2 Å². The lowest BCUT2D eigenvalue weighted by molar-refractivity contribution is 0.0927. The third-order valence-electron chi connectivity index (χ3n) is 6.66. The molecule has 36 heavy (non-hydrogen) atoms. The molecule has 2 aliphatic rings. The van der Waals surface area contributed by atoms with Crippen molar-refractivity contribution >= 4 is 33.0 Å². The first-order valence-corrected chi connectivity index (χ1v) is 12.8. The van der Waals surface area contributed by atoms with E-state index in [2.05, 4.69) is 10.2 Å². The van der Waals surface area contributed by atoms with Crippen LogP contribution in [-0.4, -0.2) is 38.8 Å². The number of rotatable bonds is 4. The van der Waals surface area contributed by atoms with Crippen molar-refractivity contribution in [2.45, 2.75) is 12.5 Å². The summed E-state index contributed by atoms with van der Waals surface area (Å²) in [5.41, 5.74) is 2.94. The quantitative estimate of drug-likeness (QED) is 0.372. The molecule has 3 aromatic carbocycles. The van der Waals surface area contributed by atoms with Crippen LogP contribution in [0.2, 0.25) is 0 Å². The molecule has 1 aromatic heterocycles. The van der Waals surface area contributed by atoms with Crippen LogP contribution in [0.25, 0.3) is 21.2 Å². The summed E-state index contributed by atoms with van der Waals surface area (Å²) in [5.74, 6) is -0.656. The number of nitrogens with zero attached hydrogens (tertiary/aromatic N) is 1. The van der Waals surface area contributed by atoms with Crippen LogP contribution in [-0.2, 0) is 4.74 Å². The number of thiophene rings is 1. The molecule has 4 aromatic rings. The van der Waals surface area contributed by atoms with Crippen molar-refractivity contribution in [1.82, 2.24) is 5.32 Å². The summed E-state index contributed by atoms with van der Waals surface area (Å²) in [6.07, 6.45) is 0.675. The predicted molar refractivity (Wildman–Crippen MR) is 137 cm³/mol. The smallest absolute Gasteiger partial charge is 0.264 e. The van der Waals surface area contributed by atoms with Gasteiger partial charge in [-0.15, -0.1) is 11.3 Å². The molecule has 0 bridgehead atoms. The minimum Gasteiger partial charge on any atom is -0.493 e. The standard InChI is InChI=1S/C28H24F2N2O3S/c29-18-14-17(15-19(30)16-18)20-5-3-6-22-25(32-9-12-34-13-10-32)27(36-26(20)22)28(33)31-23-8-11-35-24-7-2-1-4-21(23)24/h1-7,14-16,23H,8-13H2,(H,31,33)/t23-/m0/s1. The fourth-order valence-corrected chi connectivity index (χ4v) is 6.28. The van der Waals surface area contributed by atoms with Gasteiger partial charge in [0.15, 0.2) is 0 Å².